The summed E-state index contributed by atoms with van der Waals surface area (Å²) < 4.78 is 86.9. The summed E-state index contributed by atoms with van der Waals surface area (Å²) in [6.45, 7) is 7.39. The molecule has 0 bridgehead atoms. The zero-order valence-corrected chi connectivity index (χ0v) is 35.8. The van der Waals surface area contributed by atoms with E-state index in [9.17, 15) is 36.0 Å². The number of esters is 1. The molecule has 2 aromatic rings. The summed E-state index contributed by atoms with van der Waals surface area (Å²) in [5, 5.41) is 1.47. The number of Topliss-reactive ketones (excluding diaryl/α,β-unsaturated/α-hetero) is 1. The van der Waals surface area contributed by atoms with Crippen molar-refractivity contribution in [1.29, 1.82) is 0 Å². The van der Waals surface area contributed by atoms with Crippen LogP contribution < -0.4 is 14.2 Å². The van der Waals surface area contributed by atoms with Gasteiger partial charge in [0.25, 0.3) is 0 Å². The van der Waals surface area contributed by atoms with Gasteiger partial charge < -0.3 is 19.1 Å². The van der Waals surface area contributed by atoms with Gasteiger partial charge in [0.05, 0.1) is 41.7 Å². The number of alkyl halides is 3. The van der Waals surface area contributed by atoms with Crippen molar-refractivity contribution in [3.8, 4) is 11.6 Å². The molecule has 2 amide bonds. The minimum Gasteiger partial charge on any atom is -0.493 e. The summed E-state index contributed by atoms with van der Waals surface area (Å²) in [4.78, 5) is 63.1. The molecule has 60 heavy (non-hydrogen) atoms. The van der Waals surface area contributed by atoms with Crippen LogP contribution in [0.2, 0.25) is 0 Å². The van der Waals surface area contributed by atoms with E-state index in [1.807, 2.05) is 44.2 Å². The Hall–Kier alpha value is -4.21. The molecule has 12 nitrogen and oxygen atoms in total. The zero-order valence-electron chi connectivity index (χ0n) is 34.9. The number of halogens is 3. The highest BCUT2D eigenvalue weighted by molar-refractivity contribution is 7.91. The molecule has 0 radical (unpaired) electrons. The third kappa shape index (κ3) is 8.63. The summed E-state index contributed by atoms with van der Waals surface area (Å²) in [5.41, 5.74) is -3.13. The van der Waals surface area contributed by atoms with Crippen molar-refractivity contribution in [3.63, 3.8) is 0 Å². The average Bonchev–Trinajstić information content (AvgIpc) is 4.07. The van der Waals surface area contributed by atoms with Crippen molar-refractivity contribution in [3.05, 3.63) is 42.1 Å². The van der Waals surface area contributed by atoms with Crippen molar-refractivity contribution < 1.29 is 55.0 Å². The molecule has 4 heterocycles. The maximum absolute atomic E-state index is 15.1. The summed E-state index contributed by atoms with van der Waals surface area (Å²) in [7, 11) is -4.03. The number of ketones is 1. The maximum Gasteiger partial charge on any atom is 0.427 e. The lowest BCUT2D eigenvalue weighted by atomic mass is 9.79. The van der Waals surface area contributed by atoms with Crippen LogP contribution in [-0.4, -0.2) is 83.7 Å². The molecular weight excluding hydrogens is 804 g/mol. The zero-order chi connectivity index (χ0) is 43.4. The van der Waals surface area contributed by atoms with Crippen LogP contribution in [0.3, 0.4) is 0 Å². The van der Waals surface area contributed by atoms with Crippen LogP contribution in [0, 0.1) is 29.1 Å². The first-order valence-corrected chi connectivity index (χ1v) is 22.7. The lowest BCUT2D eigenvalue weighted by Gasteiger charge is -2.34. The largest absolute Gasteiger partial charge is 0.493 e. The Kier molecular flexibility index (Phi) is 11.9. The topological polar surface area (TPSA) is 158 Å². The number of sulfonamides is 1. The van der Waals surface area contributed by atoms with Gasteiger partial charge in [0.15, 0.2) is 5.78 Å². The fourth-order valence-corrected chi connectivity index (χ4v) is 10.5. The smallest absolute Gasteiger partial charge is 0.427 e. The van der Waals surface area contributed by atoms with Gasteiger partial charge in [0.1, 0.15) is 11.9 Å². The van der Waals surface area contributed by atoms with Gasteiger partial charge in [0, 0.05) is 29.8 Å². The number of carbonyl (C=O) groups excluding carboxylic acids is 4. The minimum absolute atomic E-state index is 0.00980. The second kappa shape index (κ2) is 16.2. The van der Waals surface area contributed by atoms with E-state index in [1.54, 1.807) is 13.1 Å². The molecule has 1 aromatic heterocycles. The summed E-state index contributed by atoms with van der Waals surface area (Å²) in [6.07, 6.45) is 3.69. The number of nitrogens with zero attached hydrogens (tertiary/aromatic N) is 2. The second-order valence-corrected chi connectivity index (χ2v) is 20.7. The van der Waals surface area contributed by atoms with Crippen LogP contribution in [0.25, 0.3) is 10.8 Å². The molecule has 2 saturated carbocycles. The SMILES string of the molecule is CC[C@@H]1C[C@H](C)CC/C=C\[C@@H]2C[C@@]2(C(=O)NS(=O)(=O)C2(C)CC2)CC(=O)[C@@H]2C[C@@H](Oc3nccc4c5c(ccc34)CCCO5)CN2C(=O)[C@H]1CC(=O)OC(C)(C)C(F)(F)F. The highest BCUT2D eigenvalue weighted by atomic mass is 32.2. The molecular formula is C44H56F3N3O9S. The number of hydrogen-bond acceptors (Lipinski definition) is 10. The lowest BCUT2D eigenvalue weighted by molar-refractivity contribution is -0.257. The van der Waals surface area contributed by atoms with E-state index in [-0.39, 0.29) is 37.6 Å². The van der Waals surface area contributed by atoms with Gasteiger partial charge in [-0.25, -0.2) is 13.4 Å². The number of hydrogen-bond donors (Lipinski definition) is 1. The Morgan fingerprint density at radius 1 is 1.10 bits per heavy atom. The fraction of sp³-hybridized carbons (Fsp3) is 0.659. The van der Waals surface area contributed by atoms with E-state index in [2.05, 4.69) is 9.71 Å². The number of allylic oxidation sites excluding steroid dienone is 2. The molecule has 7 rings (SSSR count). The van der Waals surface area contributed by atoms with Crippen LogP contribution in [0.4, 0.5) is 13.2 Å². The first-order chi connectivity index (χ1) is 28.2. The molecule has 16 heteroatoms. The van der Waals surface area contributed by atoms with Gasteiger partial charge in [-0.2, -0.15) is 13.2 Å². The molecule has 1 saturated heterocycles. The first kappa shape index (κ1) is 43.9. The number of carbonyl (C=O) groups is 4. The van der Waals surface area contributed by atoms with Crippen molar-refractivity contribution >= 4 is 44.4 Å². The molecule has 0 unspecified atom stereocenters. The Bertz CT molecular complexity index is 2170. The Morgan fingerprint density at radius 3 is 2.55 bits per heavy atom. The number of aromatic nitrogens is 1. The number of fused-ring (bicyclic) bond motifs is 5. The maximum atomic E-state index is 15.1. The standard InChI is InChI=1S/C44H56F3N3O9S/c1-6-27-20-26(2)10-7-8-12-29-23-43(29,40(54)49-60(55,56)42(5)16-17-42)24-35(51)34-21-30(25-50(34)39(53)33(27)22-36(52)59-41(3,4)44(45,46)47)58-38-32-14-13-28-11-9-19-57-37(28)31(32)15-18-48-38/h8,12-15,18,26-27,29-30,33-34H,6-7,9-11,16-17,19-25H2,1-5H3,(H,49,54)/b12-8-/t26-,27-,29-,30-,33+,34+,43-/m1/s1. The van der Waals surface area contributed by atoms with Crippen molar-refractivity contribution in [2.75, 3.05) is 13.2 Å². The summed E-state index contributed by atoms with van der Waals surface area (Å²) >= 11 is 0. The molecule has 0 spiro atoms. The van der Waals surface area contributed by atoms with Crippen LogP contribution >= 0.6 is 0 Å². The molecule has 3 aliphatic heterocycles. The third-order valence-corrected chi connectivity index (χ3v) is 15.8. The number of nitrogens with one attached hydrogen (secondary N) is 1. The van der Waals surface area contributed by atoms with E-state index in [4.69, 9.17) is 14.2 Å². The number of aryl methyl sites for hydroxylation is 1. The number of rotatable bonds is 9. The number of ether oxygens (including phenoxy) is 3. The molecule has 2 aliphatic carbocycles. The highest BCUT2D eigenvalue weighted by Gasteiger charge is 2.63. The number of amides is 2. The molecule has 1 N–H and O–H groups in total. The van der Waals surface area contributed by atoms with E-state index in [0.717, 1.165) is 43.4 Å². The van der Waals surface area contributed by atoms with Crippen molar-refractivity contribution in [2.24, 2.45) is 29.1 Å². The van der Waals surface area contributed by atoms with Crippen LogP contribution in [0.5, 0.6) is 11.6 Å². The van der Waals surface area contributed by atoms with E-state index in [0.29, 0.717) is 50.5 Å². The first-order valence-electron chi connectivity index (χ1n) is 21.2. The van der Waals surface area contributed by atoms with Crippen molar-refractivity contribution in [1.82, 2.24) is 14.6 Å². The number of pyridine rings is 1. The number of benzene rings is 1. The average molecular weight is 860 g/mol. The Balaban J connectivity index is 1.24. The van der Waals surface area contributed by atoms with Crippen LogP contribution in [0.15, 0.2) is 36.5 Å². The third-order valence-electron chi connectivity index (χ3n) is 13.6. The quantitative estimate of drug-likeness (QED) is 0.203. The second-order valence-electron chi connectivity index (χ2n) is 18.5. The van der Waals surface area contributed by atoms with Gasteiger partial charge in [0.2, 0.25) is 33.3 Å². The Labute approximate surface area is 349 Å². The molecule has 7 atom stereocenters. The predicted octanol–water partition coefficient (Wildman–Crippen LogP) is 7.16. The van der Waals surface area contributed by atoms with Crippen molar-refractivity contribution in [2.45, 2.75) is 140 Å². The van der Waals surface area contributed by atoms with Gasteiger partial charge in [-0.1, -0.05) is 38.5 Å². The molecule has 3 fully saturated rings. The van der Waals surface area contributed by atoms with Gasteiger partial charge in [-0.3, -0.25) is 23.9 Å². The van der Waals surface area contributed by atoms with E-state index < -0.39 is 91.8 Å². The normalized spacial score (nSPS) is 30.1. The Morgan fingerprint density at radius 2 is 1.85 bits per heavy atom. The van der Waals surface area contributed by atoms with Gasteiger partial charge >= 0.3 is 12.1 Å². The van der Waals surface area contributed by atoms with Crippen LogP contribution in [0.1, 0.15) is 111 Å². The molecule has 328 valence electrons. The predicted molar refractivity (Wildman–Crippen MR) is 215 cm³/mol. The van der Waals surface area contributed by atoms with E-state index >= 15 is 4.79 Å². The monoisotopic (exact) mass is 859 g/mol. The summed E-state index contributed by atoms with van der Waals surface area (Å²) in [6, 6.07) is 4.53. The minimum atomic E-state index is -4.86. The van der Waals surface area contributed by atoms with E-state index in [1.165, 1.54) is 4.90 Å². The van der Waals surface area contributed by atoms with Crippen LogP contribution in [-0.2, 0) is 40.4 Å². The fourth-order valence-electron chi connectivity index (χ4n) is 9.21. The van der Waals surface area contributed by atoms with Gasteiger partial charge in [-0.15, -0.1) is 0 Å². The molecule has 1 aromatic carbocycles. The highest BCUT2D eigenvalue weighted by Crippen LogP contribution is 2.58. The lowest BCUT2D eigenvalue weighted by Crippen LogP contribution is -2.49. The van der Waals surface area contributed by atoms with Gasteiger partial charge in [-0.05, 0) is 108 Å². The molecule has 5 aliphatic rings. The summed E-state index contributed by atoms with van der Waals surface area (Å²) in [5.74, 6) is -4.02.